The standard InChI is InChI=1S/C20H18N4OS/c1-3-12-26-20-22-19-17(23-24-20)15-10-6-7-11-16(15)21-18(25-19)14-9-5-4-8-13(14)2/h3-11,18,21H,1,12H2,2H3/t18-/m1/s1. The Morgan fingerprint density at radius 1 is 1.15 bits per heavy atom. The summed E-state index contributed by atoms with van der Waals surface area (Å²) in [5.41, 5.74) is 4.73. The highest BCUT2D eigenvalue weighted by molar-refractivity contribution is 7.99. The fourth-order valence-electron chi connectivity index (χ4n) is 2.86. The molecule has 1 aromatic heterocycles. The number of aromatic nitrogens is 3. The van der Waals surface area contributed by atoms with Gasteiger partial charge in [0, 0.05) is 22.6 Å². The number of nitrogens with one attached hydrogen (secondary N) is 1. The van der Waals surface area contributed by atoms with E-state index in [2.05, 4.69) is 46.1 Å². The summed E-state index contributed by atoms with van der Waals surface area (Å²) in [4.78, 5) is 4.59. The van der Waals surface area contributed by atoms with Crippen LogP contribution in [0.1, 0.15) is 17.4 Å². The Balaban J connectivity index is 1.82. The monoisotopic (exact) mass is 362 g/mol. The molecule has 4 rings (SSSR count). The van der Waals surface area contributed by atoms with Crippen LogP contribution in [0, 0.1) is 6.92 Å². The molecule has 0 aliphatic carbocycles. The molecule has 26 heavy (non-hydrogen) atoms. The van der Waals surface area contributed by atoms with Crippen molar-refractivity contribution in [2.45, 2.75) is 18.3 Å². The molecule has 0 amide bonds. The number of thioether (sulfide) groups is 1. The fraction of sp³-hybridized carbons (Fsp3) is 0.150. The van der Waals surface area contributed by atoms with Gasteiger partial charge in [0.1, 0.15) is 0 Å². The van der Waals surface area contributed by atoms with Crippen molar-refractivity contribution in [3.8, 4) is 17.1 Å². The van der Waals surface area contributed by atoms with Crippen molar-refractivity contribution in [1.82, 2.24) is 15.2 Å². The van der Waals surface area contributed by atoms with E-state index in [0.717, 1.165) is 28.1 Å². The van der Waals surface area contributed by atoms with E-state index in [9.17, 15) is 0 Å². The second-order valence-electron chi connectivity index (χ2n) is 5.89. The Morgan fingerprint density at radius 2 is 1.96 bits per heavy atom. The molecule has 1 aliphatic heterocycles. The first-order chi connectivity index (χ1) is 12.8. The summed E-state index contributed by atoms with van der Waals surface area (Å²) in [5.74, 6) is 1.20. The summed E-state index contributed by atoms with van der Waals surface area (Å²) < 4.78 is 6.26. The van der Waals surface area contributed by atoms with Crippen molar-refractivity contribution in [1.29, 1.82) is 0 Å². The number of ether oxygens (including phenoxy) is 1. The zero-order valence-corrected chi connectivity index (χ0v) is 15.2. The Kier molecular flexibility index (Phi) is 4.58. The third-order valence-electron chi connectivity index (χ3n) is 4.13. The average Bonchev–Trinajstić information content (AvgIpc) is 2.83. The summed E-state index contributed by atoms with van der Waals surface area (Å²) in [7, 11) is 0. The molecule has 0 unspecified atom stereocenters. The van der Waals surface area contributed by atoms with Crippen LogP contribution in [0.15, 0.2) is 66.3 Å². The first-order valence-corrected chi connectivity index (χ1v) is 9.31. The molecule has 0 saturated carbocycles. The third kappa shape index (κ3) is 3.15. The smallest absolute Gasteiger partial charge is 0.247 e. The number of fused-ring (bicyclic) bond motifs is 3. The molecule has 0 spiro atoms. The highest BCUT2D eigenvalue weighted by Crippen LogP contribution is 2.39. The molecule has 6 heteroatoms. The molecular formula is C20H18N4OS. The van der Waals surface area contributed by atoms with Crippen LogP contribution in [-0.2, 0) is 0 Å². The first kappa shape index (κ1) is 16.6. The minimum atomic E-state index is -0.354. The first-order valence-electron chi connectivity index (χ1n) is 8.33. The van der Waals surface area contributed by atoms with Gasteiger partial charge in [-0.3, -0.25) is 0 Å². The van der Waals surface area contributed by atoms with Crippen LogP contribution in [0.4, 0.5) is 5.69 Å². The third-order valence-corrected chi connectivity index (χ3v) is 4.97. The van der Waals surface area contributed by atoms with Crippen LogP contribution < -0.4 is 10.1 Å². The lowest BCUT2D eigenvalue weighted by Crippen LogP contribution is -2.18. The number of aryl methyl sites for hydroxylation is 1. The molecule has 2 heterocycles. The number of nitrogens with zero attached hydrogens (tertiary/aromatic N) is 3. The lowest BCUT2D eigenvalue weighted by molar-refractivity contribution is 0.224. The predicted molar refractivity (Wildman–Crippen MR) is 104 cm³/mol. The quantitative estimate of drug-likeness (QED) is 0.539. The van der Waals surface area contributed by atoms with Crippen molar-refractivity contribution in [3.05, 3.63) is 72.3 Å². The zero-order valence-electron chi connectivity index (χ0n) is 14.3. The van der Waals surface area contributed by atoms with Gasteiger partial charge in [0.25, 0.3) is 0 Å². The normalized spacial score (nSPS) is 15.0. The molecule has 0 bridgehead atoms. The van der Waals surface area contributed by atoms with Crippen LogP contribution in [-0.4, -0.2) is 20.9 Å². The highest BCUT2D eigenvalue weighted by Gasteiger charge is 2.26. The van der Waals surface area contributed by atoms with Gasteiger partial charge in [0.05, 0.1) is 0 Å². The molecule has 0 fully saturated rings. The number of benzene rings is 2. The minimum Gasteiger partial charge on any atom is -0.448 e. The summed E-state index contributed by atoms with van der Waals surface area (Å²) in [6, 6.07) is 16.1. The van der Waals surface area contributed by atoms with Crippen LogP contribution in [0.2, 0.25) is 0 Å². The number of rotatable bonds is 4. The maximum absolute atomic E-state index is 6.26. The van der Waals surface area contributed by atoms with E-state index in [4.69, 9.17) is 4.74 Å². The van der Waals surface area contributed by atoms with Gasteiger partial charge in [-0.15, -0.1) is 16.8 Å². The molecule has 5 nitrogen and oxygen atoms in total. The molecule has 130 valence electrons. The second kappa shape index (κ2) is 7.17. The van der Waals surface area contributed by atoms with E-state index in [1.54, 1.807) is 0 Å². The zero-order chi connectivity index (χ0) is 17.9. The van der Waals surface area contributed by atoms with Gasteiger partial charge in [-0.25, -0.2) is 0 Å². The van der Waals surface area contributed by atoms with Crippen molar-refractivity contribution in [2.24, 2.45) is 0 Å². The number of hydrogen-bond acceptors (Lipinski definition) is 6. The fourth-order valence-corrected chi connectivity index (χ4v) is 3.38. The minimum absolute atomic E-state index is 0.354. The summed E-state index contributed by atoms with van der Waals surface area (Å²) in [5, 5.41) is 12.7. The summed E-state index contributed by atoms with van der Waals surface area (Å²) in [6.45, 7) is 5.80. The lowest BCUT2D eigenvalue weighted by atomic mass is 10.1. The molecule has 2 aromatic carbocycles. The Hall–Kier alpha value is -2.86. The Labute approximate surface area is 156 Å². The molecule has 1 atom stereocenters. The van der Waals surface area contributed by atoms with Crippen molar-refractivity contribution in [2.75, 3.05) is 11.1 Å². The Morgan fingerprint density at radius 3 is 2.81 bits per heavy atom. The van der Waals surface area contributed by atoms with E-state index in [-0.39, 0.29) is 6.23 Å². The van der Waals surface area contributed by atoms with Crippen molar-refractivity contribution in [3.63, 3.8) is 0 Å². The van der Waals surface area contributed by atoms with Crippen LogP contribution in [0.5, 0.6) is 5.88 Å². The van der Waals surface area contributed by atoms with Crippen molar-refractivity contribution < 1.29 is 4.74 Å². The molecule has 0 radical (unpaired) electrons. The number of hydrogen-bond donors (Lipinski definition) is 1. The van der Waals surface area contributed by atoms with Gasteiger partial charge in [-0.05, 0) is 18.6 Å². The predicted octanol–water partition coefficient (Wildman–Crippen LogP) is 4.63. The van der Waals surface area contributed by atoms with Crippen LogP contribution >= 0.6 is 11.8 Å². The van der Waals surface area contributed by atoms with E-state index in [1.807, 2.05) is 42.5 Å². The second-order valence-corrected chi connectivity index (χ2v) is 6.88. The molecular weight excluding hydrogens is 344 g/mol. The number of anilines is 1. The summed E-state index contributed by atoms with van der Waals surface area (Å²) in [6.07, 6.45) is 1.46. The SMILES string of the molecule is C=CCSc1nnc2c(n1)O[C@H](c1ccccc1C)Nc1ccccc1-2. The van der Waals surface area contributed by atoms with Gasteiger partial charge in [-0.2, -0.15) is 4.98 Å². The number of para-hydroxylation sites is 1. The largest absolute Gasteiger partial charge is 0.448 e. The van der Waals surface area contributed by atoms with Crippen LogP contribution in [0.3, 0.4) is 0 Å². The van der Waals surface area contributed by atoms with E-state index < -0.39 is 0 Å². The molecule has 0 saturated heterocycles. The molecule has 1 aliphatic rings. The van der Waals surface area contributed by atoms with Gasteiger partial charge in [-0.1, -0.05) is 60.3 Å². The van der Waals surface area contributed by atoms with Gasteiger partial charge in [0.2, 0.25) is 11.0 Å². The Bertz CT molecular complexity index is 960. The van der Waals surface area contributed by atoms with E-state index in [1.165, 1.54) is 11.8 Å². The van der Waals surface area contributed by atoms with Gasteiger partial charge < -0.3 is 10.1 Å². The highest BCUT2D eigenvalue weighted by atomic mass is 32.2. The topological polar surface area (TPSA) is 59.9 Å². The van der Waals surface area contributed by atoms with Gasteiger partial charge >= 0.3 is 0 Å². The lowest BCUT2D eigenvalue weighted by Gasteiger charge is -2.20. The molecule has 1 N–H and O–H groups in total. The summed E-state index contributed by atoms with van der Waals surface area (Å²) >= 11 is 1.48. The average molecular weight is 362 g/mol. The maximum atomic E-state index is 6.26. The van der Waals surface area contributed by atoms with Crippen molar-refractivity contribution >= 4 is 17.4 Å². The molecule has 3 aromatic rings. The maximum Gasteiger partial charge on any atom is 0.247 e. The van der Waals surface area contributed by atoms with E-state index >= 15 is 0 Å². The van der Waals surface area contributed by atoms with E-state index in [0.29, 0.717) is 16.7 Å². The van der Waals surface area contributed by atoms with Gasteiger partial charge in [0.15, 0.2) is 11.9 Å². The van der Waals surface area contributed by atoms with Crippen LogP contribution in [0.25, 0.3) is 11.3 Å².